The lowest BCUT2D eigenvalue weighted by atomic mass is 10.2. The van der Waals surface area contributed by atoms with E-state index in [-0.39, 0.29) is 31.1 Å². The van der Waals surface area contributed by atoms with Gasteiger partial charge in [-0.15, -0.1) is 0 Å². The van der Waals surface area contributed by atoms with Gasteiger partial charge in [-0.25, -0.2) is 19.7 Å². The predicted molar refractivity (Wildman–Crippen MR) is 150 cm³/mol. The Labute approximate surface area is 233 Å². The Bertz CT molecular complexity index is 1260. The van der Waals surface area contributed by atoms with Crippen molar-refractivity contribution in [2.75, 3.05) is 61.5 Å². The van der Waals surface area contributed by atoms with Gasteiger partial charge >= 0.3 is 6.09 Å². The number of nitrogens with two attached hydrogens (primary N) is 1. The number of amides is 1. The fraction of sp³-hybridized carbons (Fsp3) is 0.407. The van der Waals surface area contributed by atoms with E-state index in [2.05, 4.69) is 20.6 Å². The van der Waals surface area contributed by atoms with Gasteiger partial charge in [0.25, 0.3) is 0 Å². The highest BCUT2D eigenvalue weighted by atomic mass is 16.6. The summed E-state index contributed by atoms with van der Waals surface area (Å²) in [5.74, 6) is 1.37. The molecule has 4 rings (SSSR count). The predicted octanol–water partition coefficient (Wildman–Crippen LogP) is 0.846. The van der Waals surface area contributed by atoms with E-state index in [1.807, 2.05) is 49.1 Å². The Hall–Kier alpha value is -4.36. The molecule has 0 spiro atoms. The Balaban J connectivity index is 1.55. The molecular formula is C27H36N9O4+. The van der Waals surface area contributed by atoms with E-state index in [9.17, 15) is 9.90 Å². The monoisotopic (exact) mass is 550 g/mol. The number of piperazine rings is 1. The maximum absolute atomic E-state index is 12.8. The third-order valence-corrected chi connectivity index (χ3v) is 6.30. The number of ether oxygens (including phenoxy) is 2. The number of hydrogen-bond acceptors (Lipinski definition) is 11. The van der Waals surface area contributed by atoms with E-state index >= 15 is 0 Å². The molecule has 0 saturated carbocycles. The van der Waals surface area contributed by atoms with Crippen molar-refractivity contribution < 1.29 is 24.8 Å². The van der Waals surface area contributed by atoms with Crippen molar-refractivity contribution in [2.24, 2.45) is 0 Å². The first-order valence-electron chi connectivity index (χ1n) is 13.2. The summed E-state index contributed by atoms with van der Waals surface area (Å²) < 4.78 is 11.0. The van der Waals surface area contributed by atoms with Crippen LogP contribution < -0.4 is 20.9 Å². The number of benzene rings is 1. The Morgan fingerprint density at radius 3 is 2.73 bits per heavy atom. The van der Waals surface area contributed by atoms with Gasteiger partial charge in [0.1, 0.15) is 31.0 Å². The second-order valence-electron chi connectivity index (χ2n) is 9.15. The molecule has 13 heteroatoms. The van der Waals surface area contributed by atoms with Gasteiger partial charge in [-0.2, -0.15) is 4.98 Å². The molecule has 0 aliphatic carbocycles. The molecular weight excluding hydrogens is 514 g/mol. The van der Waals surface area contributed by atoms with Gasteiger partial charge < -0.3 is 35.0 Å². The zero-order chi connectivity index (χ0) is 28.3. The molecule has 3 heterocycles. The number of carbonyl (C=O) groups excluding carboxylic acids is 1. The largest absolute Gasteiger partial charge is 0.445 e. The van der Waals surface area contributed by atoms with Crippen LogP contribution in [0.25, 0.3) is 0 Å². The van der Waals surface area contributed by atoms with Crippen LogP contribution in [0.1, 0.15) is 25.1 Å². The van der Waals surface area contributed by atoms with Gasteiger partial charge in [-0.3, -0.25) is 5.41 Å². The van der Waals surface area contributed by atoms with Crippen molar-refractivity contribution in [3.05, 3.63) is 60.2 Å². The molecule has 0 radical (unpaired) electrons. The first-order chi connectivity index (χ1) is 19.5. The first-order valence-corrected chi connectivity index (χ1v) is 13.2. The maximum atomic E-state index is 12.8. The Morgan fingerprint density at radius 2 is 2.02 bits per heavy atom. The number of nitrogens with zero attached hydrogens (tertiary/aromatic N) is 6. The van der Waals surface area contributed by atoms with Gasteiger partial charge in [0.15, 0.2) is 11.5 Å². The summed E-state index contributed by atoms with van der Waals surface area (Å²) in [7, 11) is 0. The SMILES string of the molecule is CCOCCNc1c(Nc2ccncn2)nc(N2CCN(C(=O)OCc3ccccc3)[C@H](C)C2)nc1C(=[NH2+])CO. The lowest BCUT2D eigenvalue weighted by Crippen LogP contribution is -2.54. The minimum absolute atomic E-state index is 0.162. The summed E-state index contributed by atoms with van der Waals surface area (Å²) in [5.41, 5.74) is 2.01. The van der Waals surface area contributed by atoms with Crippen molar-refractivity contribution >= 4 is 35.1 Å². The van der Waals surface area contributed by atoms with Gasteiger partial charge in [0.2, 0.25) is 11.7 Å². The molecule has 40 heavy (non-hydrogen) atoms. The van der Waals surface area contributed by atoms with Crippen LogP contribution >= 0.6 is 0 Å². The lowest BCUT2D eigenvalue weighted by Gasteiger charge is -2.39. The molecule has 1 amide bonds. The molecule has 5 N–H and O–H groups in total. The number of rotatable bonds is 12. The Kier molecular flexibility index (Phi) is 10.1. The third kappa shape index (κ3) is 7.39. The molecule has 3 aromatic rings. The molecule has 0 bridgehead atoms. The molecule has 0 unspecified atom stereocenters. The van der Waals surface area contributed by atoms with Gasteiger partial charge in [0.05, 0.1) is 6.61 Å². The normalized spacial score (nSPS) is 15.0. The minimum Gasteiger partial charge on any atom is -0.445 e. The van der Waals surface area contributed by atoms with Crippen LogP contribution in [-0.4, -0.2) is 93.8 Å². The number of hydrogen-bond donors (Lipinski definition) is 4. The fourth-order valence-corrected chi connectivity index (χ4v) is 4.25. The van der Waals surface area contributed by atoms with Gasteiger partial charge in [0, 0.05) is 45.0 Å². The lowest BCUT2D eigenvalue weighted by molar-refractivity contribution is -0.118. The van der Waals surface area contributed by atoms with Crippen LogP contribution in [-0.2, 0) is 16.1 Å². The summed E-state index contributed by atoms with van der Waals surface area (Å²) >= 11 is 0. The van der Waals surface area contributed by atoms with E-state index in [4.69, 9.17) is 24.9 Å². The third-order valence-electron chi connectivity index (χ3n) is 6.30. The maximum Gasteiger partial charge on any atom is 0.410 e. The van der Waals surface area contributed by atoms with Crippen LogP contribution in [0.15, 0.2) is 48.9 Å². The molecule has 1 atom stereocenters. The number of aliphatic hydroxyl groups is 1. The quantitative estimate of drug-likeness (QED) is 0.187. The topological polar surface area (TPSA) is 163 Å². The number of nitrogens with one attached hydrogen (secondary N) is 2. The van der Waals surface area contributed by atoms with E-state index in [0.717, 1.165) is 5.56 Å². The van der Waals surface area contributed by atoms with Gasteiger partial charge in [-0.1, -0.05) is 30.3 Å². The molecule has 1 saturated heterocycles. The molecule has 1 fully saturated rings. The van der Waals surface area contributed by atoms with Crippen molar-refractivity contribution in [1.29, 1.82) is 0 Å². The summed E-state index contributed by atoms with van der Waals surface area (Å²) in [5, 5.41) is 22.6. The first kappa shape index (κ1) is 28.6. The molecule has 1 aromatic carbocycles. The standard InChI is InChI=1S/C27H35N9O4/c1-3-39-14-11-30-24-23(21(28)16-37)33-26(34-25(24)32-22-9-10-29-18-31-22)35-12-13-36(19(2)15-35)27(38)40-17-20-7-5-4-6-8-20/h4-10,18-19,28,30,37H,3,11-17H2,1-2H3,(H,29,31,32,33,34)/p+1/t19-/m1/s1. The summed E-state index contributed by atoms with van der Waals surface area (Å²) in [4.78, 5) is 34.3. The molecule has 1 aliphatic rings. The fourth-order valence-electron chi connectivity index (χ4n) is 4.25. The highest BCUT2D eigenvalue weighted by Crippen LogP contribution is 2.29. The molecule has 2 aromatic heterocycles. The van der Waals surface area contributed by atoms with E-state index < -0.39 is 0 Å². The average molecular weight is 551 g/mol. The molecule has 13 nitrogen and oxygen atoms in total. The minimum atomic E-state index is -0.388. The van der Waals surface area contributed by atoms with Crippen LogP contribution in [0.5, 0.6) is 0 Å². The number of carbonyl (C=O) groups is 1. The van der Waals surface area contributed by atoms with Crippen LogP contribution in [0.2, 0.25) is 0 Å². The zero-order valence-electron chi connectivity index (χ0n) is 22.8. The number of aliphatic hydroxyl groups excluding tert-OH is 1. The highest BCUT2D eigenvalue weighted by molar-refractivity contribution is 6.02. The molecule has 212 valence electrons. The van der Waals surface area contributed by atoms with E-state index in [1.165, 1.54) is 6.33 Å². The second kappa shape index (κ2) is 14.1. The Morgan fingerprint density at radius 1 is 1.20 bits per heavy atom. The zero-order valence-corrected chi connectivity index (χ0v) is 22.8. The van der Waals surface area contributed by atoms with Crippen LogP contribution in [0.4, 0.5) is 28.1 Å². The summed E-state index contributed by atoms with van der Waals surface area (Å²) in [6.45, 7) is 6.61. The van der Waals surface area contributed by atoms with E-state index in [1.54, 1.807) is 17.2 Å². The van der Waals surface area contributed by atoms with Gasteiger partial charge in [-0.05, 0) is 25.5 Å². The highest BCUT2D eigenvalue weighted by Gasteiger charge is 2.31. The van der Waals surface area contributed by atoms with Crippen LogP contribution in [0, 0.1) is 0 Å². The van der Waals surface area contributed by atoms with Crippen molar-refractivity contribution in [1.82, 2.24) is 24.8 Å². The van der Waals surface area contributed by atoms with Crippen molar-refractivity contribution in [3.63, 3.8) is 0 Å². The summed E-state index contributed by atoms with van der Waals surface area (Å²) in [6.07, 6.45) is 2.68. The summed E-state index contributed by atoms with van der Waals surface area (Å²) in [6, 6.07) is 11.1. The van der Waals surface area contributed by atoms with E-state index in [0.29, 0.717) is 68.4 Å². The molecule has 1 aliphatic heterocycles. The number of aromatic nitrogens is 4. The number of anilines is 4. The second-order valence-corrected chi connectivity index (χ2v) is 9.15. The smallest absolute Gasteiger partial charge is 0.410 e. The van der Waals surface area contributed by atoms with Crippen LogP contribution in [0.3, 0.4) is 0 Å². The van der Waals surface area contributed by atoms with Crippen molar-refractivity contribution in [2.45, 2.75) is 26.5 Å². The average Bonchev–Trinajstić information content (AvgIpc) is 2.99. The van der Waals surface area contributed by atoms with Crippen molar-refractivity contribution in [3.8, 4) is 0 Å².